The second-order valence-corrected chi connectivity index (χ2v) is 8.19. The number of fused-ring (bicyclic) bond motifs is 1. The number of nitrogens with zero attached hydrogens (tertiary/aromatic N) is 1. The van der Waals surface area contributed by atoms with Gasteiger partial charge in [0, 0.05) is 30.9 Å². The van der Waals surface area contributed by atoms with Crippen molar-refractivity contribution in [3.8, 4) is 11.5 Å². The number of benzene rings is 3. The number of halogens is 2. The molecule has 164 valence electrons. The van der Waals surface area contributed by atoms with Crippen molar-refractivity contribution < 1.29 is 18.3 Å². The number of ether oxygens (including phenoxy) is 1. The number of hydrogen-bond acceptors (Lipinski definition) is 3. The zero-order valence-corrected chi connectivity index (χ0v) is 17.4. The van der Waals surface area contributed by atoms with Crippen molar-refractivity contribution in [1.29, 1.82) is 0 Å². The van der Waals surface area contributed by atoms with Crippen molar-refractivity contribution >= 4 is 11.7 Å². The average Bonchev–Trinajstić information content (AvgIpc) is 3.15. The van der Waals surface area contributed by atoms with Gasteiger partial charge >= 0.3 is 6.03 Å². The summed E-state index contributed by atoms with van der Waals surface area (Å²) in [6.45, 7) is 1.24. The number of aryl methyl sites for hydroxylation is 1. The Morgan fingerprint density at radius 1 is 1.00 bits per heavy atom. The highest BCUT2D eigenvalue weighted by Gasteiger charge is 2.34. The fourth-order valence-corrected chi connectivity index (χ4v) is 4.26. The molecule has 2 aliphatic rings. The molecule has 5 nitrogen and oxygen atoms in total. The number of carbonyl (C=O) groups excluding carboxylic acids is 1. The zero-order chi connectivity index (χ0) is 22.1. The highest BCUT2D eigenvalue weighted by atomic mass is 19.1. The van der Waals surface area contributed by atoms with Crippen LogP contribution < -0.4 is 15.4 Å². The Morgan fingerprint density at radius 3 is 2.56 bits per heavy atom. The standard InChI is InChI=1S/C25H23F2N3O2/c26-17-6-11-21-16(13-17)5-12-23(21)28-19-14-30(15-19)25(31)29-18-7-9-20(10-8-18)32-24-4-2-1-3-22(24)27/h1-4,6-11,13,19,23,28H,5,12,14-15H2,(H,29,31). The third kappa shape index (κ3) is 4.29. The molecule has 1 unspecified atom stereocenters. The number of carbonyl (C=O) groups is 1. The Kier molecular flexibility index (Phi) is 5.49. The molecular weight excluding hydrogens is 412 g/mol. The summed E-state index contributed by atoms with van der Waals surface area (Å²) in [5.74, 6) is 0.0123. The molecule has 0 spiro atoms. The maximum absolute atomic E-state index is 13.7. The summed E-state index contributed by atoms with van der Waals surface area (Å²) in [4.78, 5) is 14.2. The number of rotatable bonds is 5. The summed E-state index contributed by atoms with van der Waals surface area (Å²) < 4.78 is 32.6. The summed E-state index contributed by atoms with van der Waals surface area (Å²) in [5.41, 5.74) is 2.87. The van der Waals surface area contributed by atoms with Gasteiger partial charge in [0.15, 0.2) is 11.6 Å². The second kappa shape index (κ2) is 8.59. The van der Waals surface area contributed by atoms with Crippen LogP contribution in [0, 0.1) is 11.6 Å². The van der Waals surface area contributed by atoms with Gasteiger partial charge in [-0.1, -0.05) is 18.2 Å². The maximum atomic E-state index is 13.7. The van der Waals surface area contributed by atoms with Crippen LogP contribution in [0.5, 0.6) is 11.5 Å². The predicted molar refractivity (Wildman–Crippen MR) is 118 cm³/mol. The van der Waals surface area contributed by atoms with Crippen LogP contribution in [0.2, 0.25) is 0 Å². The number of amides is 2. The van der Waals surface area contributed by atoms with E-state index in [4.69, 9.17) is 4.74 Å². The molecule has 2 N–H and O–H groups in total. The highest BCUT2D eigenvalue weighted by molar-refractivity contribution is 5.90. The molecule has 1 aliphatic carbocycles. The first-order valence-electron chi connectivity index (χ1n) is 10.7. The third-order valence-electron chi connectivity index (χ3n) is 5.96. The lowest BCUT2D eigenvalue weighted by molar-refractivity contribution is 0.142. The number of urea groups is 1. The van der Waals surface area contributed by atoms with E-state index in [9.17, 15) is 13.6 Å². The SMILES string of the molecule is O=C(Nc1ccc(Oc2ccccc2F)cc1)N1CC(NC2CCc3cc(F)ccc32)C1. The van der Waals surface area contributed by atoms with E-state index < -0.39 is 5.82 Å². The fraction of sp³-hybridized carbons (Fsp3) is 0.240. The first-order valence-corrected chi connectivity index (χ1v) is 10.7. The summed E-state index contributed by atoms with van der Waals surface area (Å²) in [5, 5.41) is 6.45. The van der Waals surface area contributed by atoms with Crippen LogP contribution in [-0.2, 0) is 6.42 Å². The van der Waals surface area contributed by atoms with Crippen LogP contribution in [0.3, 0.4) is 0 Å². The van der Waals surface area contributed by atoms with E-state index in [1.807, 2.05) is 6.07 Å². The molecule has 0 radical (unpaired) electrons. The van der Waals surface area contributed by atoms with Gasteiger partial charge in [-0.3, -0.25) is 0 Å². The van der Waals surface area contributed by atoms with Gasteiger partial charge < -0.3 is 20.3 Å². The van der Waals surface area contributed by atoms with E-state index in [2.05, 4.69) is 10.6 Å². The van der Waals surface area contributed by atoms with Crippen molar-refractivity contribution in [2.24, 2.45) is 0 Å². The lowest BCUT2D eigenvalue weighted by atomic mass is 10.0. The summed E-state index contributed by atoms with van der Waals surface area (Å²) in [7, 11) is 0. The first kappa shape index (κ1) is 20.5. The molecule has 32 heavy (non-hydrogen) atoms. The van der Waals surface area contributed by atoms with Gasteiger partial charge in [-0.2, -0.15) is 0 Å². The molecule has 0 saturated carbocycles. The molecule has 5 rings (SSSR count). The molecule has 1 aliphatic heterocycles. The van der Waals surface area contributed by atoms with Crippen LogP contribution in [-0.4, -0.2) is 30.1 Å². The minimum absolute atomic E-state index is 0.151. The monoisotopic (exact) mass is 435 g/mol. The molecule has 7 heteroatoms. The first-order chi connectivity index (χ1) is 15.5. The molecule has 1 heterocycles. The number of likely N-dealkylation sites (tertiary alicyclic amines) is 1. The van der Waals surface area contributed by atoms with E-state index in [-0.39, 0.29) is 29.7 Å². The van der Waals surface area contributed by atoms with Gasteiger partial charge in [0.1, 0.15) is 11.6 Å². The Bertz CT molecular complexity index is 1130. The molecule has 3 aromatic rings. The number of anilines is 1. The average molecular weight is 435 g/mol. The molecule has 0 bridgehead atoms. The lowest BCUT2D eigenvalue weighted by Crippen LogP contribution is -2.61. The predicted octanol–water partition coefficient (Wildman–Crippen LogP) is 5.25. The fourth-order valence-electron chi connectivity index (χ4n) is 4.26. The molecular formula is C25H23F2N3O2. The molecule has 1 fully saturated rings. The largest absolute Gasteiger partial charge is 0.454 e. The molecule has 0 aromatic heterocycles. The van der Waals surface area contributed by atoms with Gasteiger partial charge in [-0.15, -0.1) is 0 Å². The maximum Gasteiger partial charge on any atom is 0.321 e. The second-order valence-electron chi connectivity index (χ2n) is 8.19. The smallest absolute Gasteiger partial charge is 0.321 e. The third-order valence-corrected chi connectivity index (χ3v) is 5.96. The van der Waals surface area contributed by atoms with Crippen molar-refractivity contribution in [2.75, 3.05) is 18.4 Å². The van der Waals surface area contributed by atoms with Gasteiger partial charge in [0.05, 0.1) is 0 Å². The minimum Gasteiger partial charge on any atom is -0.454 e. The molecule has 3 aromatic carbocycles. The van der Waals surface area contributed by atoms with Crippen LogP contribution >= 0.6 is 0 Å². The van der Waals surface area contributed by atoms with E-state index >= 15 is 0 Å². The topological polar surface area (TPSA) is 53.6 Å². The van der Waals surface area contributed by atoms with Crippen molar-refractivity contribution in [2.45, 2.75) is 24.9 Å². The molecule has 2 amide bonds. The highest BCUT2D eigenvalue weighted by Crippen LogP contribution is 2.32. The number of nitrogens with one attached hydrogen (secondary N) is 2. The van der Waals surface area contributed by atoms with Gasteiger partial charge in [-0.05, 0) is 72.5 Å². The summed E-state index contributed by atoms with van der Waals surface area (Å²) in [6.07, 6.45) is 1.82. The quantitative estimate of drug-likeness (QED) is 0.576. The van der Waals surface area contributed by atoms with Crippen LogP contribution in [0.25, 0.3) is 0 Å². The van der Waals surface area contributed by atoms with Gasteiger partial charge in [-0.25, -0.2) is 13.6 Å². The normalized spacial score (nSPS) is 17.6. The van der Waals surface area contributed by atoms with Crippen molar-refractivity contribution in [3.05, 3.63) is 89.5 Å². The van der Waals surface area contributed by atoms with E-state index in [1.165, 1.54) is 12.1 Å². The van der Waals surface area contributed by atoms with Gasteiger partial charge in [0.2, 0.25) is 0 Å². The summed E-state index contributed by atoms with van der Waals surface area (Å²) in [6, 6.07) is 18.3. The van der Waals surface area contributed by atoms with E-state index in [1.54, 1.807) is 53.4 Å². The van der Waals surface area contributed by atoms with Crippen LogP contribution in [0.1, 0.15) is 23.6 Å². The molecule has 1 saturated heterocycles. The Balaban J connectivity index is 1.10. The van der Waals surface area contributed by atoms with Crippen molar-refractivity contribution in [3.63, 3.8) is 0 Å². The van der Waals surface area contributed by atoms with E-state index in [0.717, 1.165) is 24.0 Å². The Labute approximate surface area is 185 Å². The number of hydrogen-bond donors (Lipinski definition) is 2. The Morgan fingerprint density at radius 2 is 1.78 bits per heavy atom. The Hall–Kier alpha value is -3.45. The van der Waals surface area contributed by atoms with Crippen LogP contribution in [0.4, 0.5) is 19.3 Å². The molecule has 1 atom stereocenters. The van der Waals surface area contributed by atoms with Crippen LogP contribution in [0.15, 0.2) is 66.7 Å². The zero-order valence-electron chi connectivity index (χ0n) is 17.4. The van der Waals surface area contributed by atoms with Crippen molar-refractivity contribution in [1.82, 2.24) is 10.2 Å². The summed E-state index contributed by atoms with van der Waals surface area (Å²) >= 11 is 0. The number of para-hydroxylation sites is 1. The lowest BCUT2D eigenvalue weighted by Gasteiger charge is -2.41. The minimum atomic E-state index is -0.431. The van der Waals surface area contributed by atoms with E-state index in [0.29, 0.717) is 24.5 Å². The van der Waals surface area contributed by atoms with Gasteiger partial charge in [0.25, 0.3) is 0 Å².